The fourth-order valence-corrected chi connectivity index (χ4v) is 2.05. The van der Waals surface area contributed by atoms with Crippen LogP contribution in [0.2, 0.25) is 0 Å². The van der Waals surface area contributed by atoms with Gasteiger partial charge in [-0.3, -0.25) is 0 Å². The summed E-state index contributed by atoms with van der Waals surface area (Å²) in [5.74, 6) is 0.845. The van der Waals surface area contributed by atoms with E-state index in [9.17, 15) is 5.11 Å². The quantitative estimate of drug-likeness (QED) is 0.892. The van der Waals surface area contributed by atoms with Crippen molar-refractivity contribution in [2.24, 2.45) is 0 Å². The Morgan fingerprint density at radius 1 is 1.28 bits per heavy atom. The van der Waals surface area contributed by atoms with Gasteiger partial charge in [-0.25, -0.2) is 0 Å². The third-order valence-electron chi connectivity index (χ3n) is 2.65. The van der Waals surface area contributed by atoms with Crippen molar-refractivity contribution < 1.29 is 9.52 Å². The Bertz CT molecular complexity index is 465. The van der Waals surface area contributed by atoms with E-state index >= 15 is 0 Å². The van der Waals surface area contributed by atoms with Crippen molar-refractivity contribution in [1.29, 1.82) is 0 Å². The molecule has 0 bridgehead atoms. The molecule has 18 heavy (non-hydrogen) atoms. The van der Waals surface area contributed by atoms with Gasteiger partial charge in [0.05, 0.1) is 18.4 Å². The molecule has 1 aromatic carbocycles. The summed E-state index contributed by atoms with van der Waals surface area (Å²) in [4.78, 5) is 0. The lowest BCUT2D eigenvalue weighted by Gasteiger charge is -2.18. The number of rotatable bonds is 5. The highest BCUT2D eigenvalue weighted by Gasteiger charge is 2.16. The molecule has 0 spiro atoms. The van der Waals surface area contributed by atoms with Crippen molar-refractivity contribution in [2.45, 2.75) is 19.1 Å². The largest absolute Gasteiger partial charge is 0.467 e. The molecule has 1 aromatic heterocycles. The van der Waals surface area contributed by atoms with Gasteiger partial charge < -0.3 is 14.8 Å². The van der Waals surface area contributed by atoms with Gasteiger partial charge >= 0.3 is 0 Å². The third kappa shape index (κ3) is 3.45. The number of aliphatic hydroxyl groups is 1. The Hall–Kier alpha value is -1.10. The minimum absolute atomic E-state index is 0.0392. The van der Waals surface area contributed by atoms with Crippen molar-refractivity contribution >= 4 is 15.9 Å². The molecule has 0 radical (unpaired) electrons. The Kier molecular flexibility index (Phi) is 4.58. The molecule has 0 saturated heterocycles. The van der Waals surface area contributed by atoms with Gasteiger partial charge in [-0.15, -0.1) is 0 Å². The van der Waals surface area contributed by atoms with E-state index in [0.29, 0.717) is 6.54 Å². The Labute approximate surface area is 115 Å². The zero-order valence-electron chi connectivity index (χ0n) is 10.1. The Morgan fingerprint density at radius 3 is 2.56 bits per heavy atom. The lowest BCUT2D eigenvalue weighted by atomic mass is 10.0. The van der Waals surface area contributed by atoms with E-state index in [1.807, 2.05) is 36.4 Å². The molecule has 2 N–H and O–H groups in total. The summed E-state index contributed by atoms with van der Waals surface area (Å²) in [5.41, 5.74) is 1.11. The maximum absolute atomic E-state index is 9.39. The minimum Gasteiger partial charge on any atom is -0.467 e. The van der Waals surface area contributed by atoms with Gasteiger partial charge in [-0.2, -0.15) is 0 Å². The highest BCUT2D eigenvalue weighted by molar-refractivity contribution is 9.10. The second-order valence-electron chi connectivity index (χ2n) is 4.26. The van der Waals surface area contributed by atoms with Crippen LogP contribution in [0.1, 0.15) is 24.3 Å². The molecular formula is C14H16BrNO2. The molecule has 0 fully saturated rings. The maximum Gasteiger partial charge on any atom is 0.125 e. The molecule has 0 aliphatic heterocycles. The number of halogens is 1. The summed E-state index contributed by atoms with van der Waals surface area (Å²) >= 11 is 3.42. The van der Waals surface area contributed by atoms with E-state index < -0.39 is 6.10 Å². The van der Waals surface area contributed by atoms with Crippen LogP contribution in [0.4, 0.5) is 0 Å². The standard InChI is InChI=1S/C14H16BrNO2/c1-10(17)9-16-14(13-3-2-8-18-13)11-4-6-12(15)7-5-11/h2-8,10,14,16-17H,9H2,1H3. The average Bonchev–Trinajstić information content (AvgIpc) is 2.85. The monoisotopic (exact) mass is 309 g/mol. The third-order valence-corrected chi connectivity index (χ3v) is 3.18. The van der Waals surface area contributed by atoms with Crippen LogP contribution in [0, 0.1) is 0 Å². The summed E-state index contributed by atoms with van der Waals surface area (Å²) in [6.07, 6.45) is 1.27. The van der Waals surface area contributed by atoms with Crippen LogP contribution in [0.15, 0.2) is 51.6 Å². The molecule has 2 unspecified atom stereocenters. The smallest absolute Gasteiger partial charge is 0.125 e. The first-order valence-corrected chi connectivity index (χ1v) is 6.66. The second kappa shape index (κ2) is 6.18. The van der Waals surface area contributed by atoms with Gasteiger partial charge in [0.25, 0.3) is 0 Å². The predicted molar refractivity (Wildman–Crippen MR) is 74.4 cm³/mol. The zero-order chi connectivity index (χ0) is 13.0. The van der Waals surface area contributed by atoms with Crippen LogP contribution < -0.4 is 5.32 Å². The number of hydrogen-bond donors (Lipinski definition) is 2. The van der Waals surface area contributed by atoms with Crippen LogP contribution in [0.5, 0.6) is 0 Å². The fraction of sp³-hybridized carbons (Fsp3) is 0.286. The first-order valence-electron chi connectivity index (χ1n) is 5.87. The number of aliphatic hydroxyl groups excluding tert-OH is 1. The summed E-state index contributed by atoms with van der Waals surface area (Å²) < 4.78 is 6.50. The average molecular weight is 310 g/mol. The number of nitrogens with one attached hydrogen (secondary N) is 1. The summed E-state index contributed by atoms with van der Waals surface area (Å²) in [7, 11) is 0. The molecule has 0 aliphatic carbocycles. The van der Waals surface area contributed by atoms with Crippen LogP contribution in [-0.2, 0) is 0 Å². The molecule has 96 valence electrons. The summed E-state index contributed by atoms with van der Waals surface area (Å²) in [6.45, 7) is 2.27. The van der Waals surface area contributed by atoms with Crippen LogP contribution in [-0.4, -0.2) is 17.8 Å². The molecule has 2 aromatic rings. The van der Waals surface area contributed by atoms with E-state index in [1.54, 1.807) is 13.2 Å². The van der Waals surface area contributed by atoms with Crippen molar-refractivity contribution in [3.05, 3.63) is 58.5 Å². The molecule has 0 amide bonds. The normalized spacial score (nSPS) is 14.4. The lowest BCUT2D eigenvalue weighted by Crippen LogP contribution is -2.29. The minimum atomic E-state index is -0.391. The number of furan rings is 1. The second-order valence-corrected chi connectivity index (χ2v) is 5.17. The first-order chi connectivity index (χ1) is 8.66. The van der Waals surface area contributed by atoms with Crippen LogP contribution >= 0.6 is 15.9 Å². The van der Waals surface area contributed by atoms with E-state index in [0.717, 1.165) is 15.8 Å². The van der Waals surface area contributed by atoms with Gasteiger partial charge in [-0.1, -0.05) is 28.1 Å². The molecule has 4 heteroatoms. The van der Waals surface area contributed by atoms with Gasteiger partial charge in [0.2, 0.25) is 0 Å². The molecule has 3 nitrogen and oxygen atoms in total. The molecule has 0 saturated carbocycles. The highest BCUT2D eigenvalue weighted by Crippen LogP contribution is 2.24. The highest BCUT2D eigenvalue weighted by atomic mass is 79.9. The molecule has 2 atom stereocenters. The Morgan fingerprint density at radius 2 is 2.00 bits per heavy atom. The van der Waals surface area contributed by atoms with E-state index in [1.165, 1.54) is 0 Å². The molecule has 2 rings (SSSR count). The first kappa shape index (κ1) is 13.3. The molecule has 1 heterocycles. The van der Waals surface area contributed by atoms with Crippen molar-refractivity contribution in [2.75, 3.05) is 6.54 Å². The maximum atomic E-state index is 9.39. The number of hydrogen-bond acceptors (Lipinski definition) is 3. The van der Waals surface area contributed by atoms with Crippen molar-refractivity contribution in [3.63, 3.8) is 0 Å². The van der Waals surface area contributed by atoms with Gasteiger partial charge in [0, 0.05) is 11.0 Å². The molecule has 0 aliphatic rings. The lowest BCUT2D eigenvalue weighted by molar-refractivity contribution is 0.186. The van der Waals surface area contributed by atoms with Crippen LogP contribution in [0.25, 0.3) is 0 Å². The summed E-state index contributed by atoms with van der Waals surface area (Å²) in [6, 6.07) is 11.8. The van der Waals surface area contributed by atoms with Gasteiger partial charge in [-0.05, 0) is 36.8 Å². The fourth-order valence-electron chi connectivity index (χ4n) is 1.78. The number of benzene rings is 1. The van der Waals surface area contributed by atoms with E-state index in [-0.39, 0.29) is 6.04 Å². The van der Waals surface area contributed by atoms with E-state index in [4.69, 9.17) is 4.42 Å². The summed E-state index contributed by atoms with van der Waals surface area (Å²) in [5, 5.41) is 12.7. The van der Waals surface area contributed by atoms with Crippen LogP contribution in [0.3, 0.4) is 0 Å². The van der Waals surface area contributed by atoms with Gasteiger partial charge in [0.1, 0.15) is 5.76 Å². The Balaban J connectivity index is 2.21. The predicted octanol–water partition coefficient (Wildman–Crippen LogP) is 3.10. The SMILES string of the molecule is CC(O)CNC(c1ccc(Br)cc1)c1ccco1. The van der Waals surface area contributed by atoms with E-state index in [2.05, 4.69) is 21.2 Å². The zero-order valence-corrected chi connectivity index (χ0v) is 11.7. The van der Waals surface area contributed by atoms with Crippen molar-refractivity contribution in [3.8, 4) is 0 Å². The van der Waals surface area contributed by atoms with Gasteiger partial charge in [0.15, 0.2) is 0 Å². The van der Waals surface area contributed by atoms with Crippen molar-refractivity contribution in [1.82, 2.24) is 5.32 Å². The topological polar surface area (TPSA) is 45.4 Å². The molecular weight excluding hydrogens is 294 g/mol.